The number of nitrogens with one attached hydrogen (secondary N) is 1. The minimum absolute atomic E-state index is 0.0858. The number of non-ortho nitro benzene ring substituents is 1. The maximum Gasteiger partial charge on any atom is 0.271 e. The van der Waals surface area contributed by atoms with Gasteiger partial charge in [0.2, 0.25) is 0 Å². The van der Waals surface area contributed by atoms with Gasteiger partial charge < -0.3 is 11.1 Å². The quantitative estimate of drug-likeness (QED) is 0.668. The lowest BCUT2D eigenvalue weighted by atomic mass is 10.2. The maximum atomic E-state index is 12.0. The molecular weight excluding hydrogens is 304 g/mol. The number of nitro groups is 1. The Morgan fingerprint density at radius 1 is 1.55 bits per heavy atom. The fraction of sp³-hybridized carbons (Fsp3) is 0.0909. The van der Waals surface area contributed by atoms with Crippen LogP contribution in [0.2, 0.25) is 5.02 Å². The lowest BCUT2D eigenvalue weighted by Crippen LogP contribution is -2.12. The van der Waals surface area contributed by atoms with E-state index in [4.69, 9.17) is 17.3 Å². The maximum absolute atomic E-state index is 12.0. The zero-order chi connectivity index (χ0) is 14.9. The number of halogens is 1. The van der Waals surface area contributed by atoms with Crippen LogP contribution in [0.4, 0.5) is 16.5 Å². The number of anilines is 2. The summed E-state index contributed by atoms with van der Waals surface area (Å²) in [6, 6.07) is 3.80. The molecule has 0 unspecified atom stereocenters. The first-order valence-corrected chi connectivity index (χ1v) is 6.56. The van der Waals surface area contributed by atoms with Gasteiger partial charge in [0, 0.05) is 12.1 Å². The Kier molecular flexibility index (Phi) is 3.86. The molecule has 1 aromatic heterocycles. The zero-order valence-electron chi connectivity index (χ0n) is 10.2. The molecule has 0 atom stereocenters. The number of carbonyl (C=O) groups is 1. The first kappa shape index (κ1) is 14.2. The first-order valence-electron chi connectivity index (χ1n) is 5.36. The number of thiazole rings is 1. The van der Waals surface area contributed by atoms with E-state index >= 15 is 0 Å². The number of hydrogen-bond donors (Lipinski definition) is 2. The Hall–Kier alpha value is -2.19. The molecule has 0 spiro atoms. The summed E-state index contributed by atoms with van der Waals surface area (Å²) in [5.74, 6) is -0.410. The second kappa shape index (κ2) is 5.43. The molecule has 2 rings (SSSR count). The standard InChI is InChI=1S/C11H9ClN4O3S/c1-5-9(20-11(13)14-5)10(17)15-8-3-2-6(16(18)19)4-7(8)12/h2-4H,1H3,(H2,13,14)(H,15,17). The fourth-order valence-electron chi connectivity index (χ4n) is 1.53. The number of aryl methyl sites for hydroxylation is 1. The number of aromatic nitrogens is 1. The molecule has 2 aromatic rings. The molecule has 9 heteroatoms. The Bertz CT molecular complexity index is 701. The van der Waals surface area contributed by atoms with Crippen molar-refractivity contribution < 1.29 is 9.72 Å². The molecule has 0 saturated heterocycles. The predicted molar refractivity (Wildman–Crippen MR) is 77.3 cm³/mol. The van der Waals surface area contributed by atoms with Crippen molar-refractivity contribution in [1.29, 1.82) is 0 Å². The average Bonchev–Trinajstić information content (AvgIpc) is 2.70. The van der Waals surface area contributed by atoms with E-state index in [1.54, 1.807) is 6.92 Å². The summed E-state index contributed by atoms with van der Waals surface area (Å²) in [6.45, 7) is 1.67. The second-order valence-corrected chi connectivity index (χ2v) is 5.28. The van der Waals surface area contributed by atoms with E-state index < -0.39 is 10.8 Å². The number of hydrogen-bond acceptors (Lipinski definition) is 6. The predicted octanol–water partition coefficient (Wildman–Crippen LogP) is 2.85. The molecular formula is C11H9ClN4O3S. The van der Waals surface area contributed by atoms with E-state index in [1.807, 2.05) is 0 Å². The van der Waals surface area contributed by atoms with Crippen molar-refractivity contribution in [3.05, 3.63) is 43.9 Å². The molecule has 0 saturated carbocycles. The first-order chi connectivity index (χ1) is 9.38. The minimum atomic E-state index is -0.564. The molecule has 0 fully saturated rings. The number of rotatable bonds is 3. The van der Waals surface area contributed by atoms with Gasteiger partial charge in [0.1, 0.15) is 4.88 Å². The Labute approximate surface area is 122 Å². The molecule has 0 aliphatic heterocycles. The topological polar surface area (TPSA) is 111 Å². The molecule has 104 valence electrons. The van der Waals surface area contributed by atoms with Crippen LogP contribution in [0.1, 0.15) is 15.4 Å². The van der Waals surface area contributed by atoms with E-state index in [1.165, 1.54) is 18.2 Å². The smallest absolute Gasteiger partial charge is 0.271 e. The Balaban J connectivity index is 2.24. The van der Waals surface area contributed by atoms with Crippen LogP contribution in [0.3, 0.4) is 0 Å². The van der Waals surface area contributed by atoms with Gasteiger partial charge in [-0.05, 0) is 13.0 Å². The third-order valence-electron chi connectivity index (χ3n) is 2.43. The molecule has 20 heavy (non-hydrogen) atoms. The Morgan fingerprint density at radius 2 is 2.25 bits per heavy atom. The third-order valence-corrected chi connectivity index (χ3v) is 3.73. The molecule has 3 N–H and O–H groups in total. The Morgan fingerprint density at radius 3 is 2.75 bits per heavy atom. The van der Waals surface area contributed by atoms with Gasteiger partial charge in [-0.15, -0.1) is 0 Å². The average molecular weight is 313 g/mol. The molecule has 1 heterocycles. The van der Waals surface area contributed by atoms with Gasteiger partial charge in [-0.1, -0.05) is 22.9 Å². The molecule has 0 aliphatic rings. The van der Waals surface area contributed by atoms with Crippen LogP contribution in [-0.4, -0.2) is 15.8 Å². The largest absolute Gasteiger partial charge is 0.375 e. The minimum Gasteiger partial charge on any atom is -0.375 e. The van der Waals surface area contributed by atoms with Crippen LogP contribution in [-0.2, 0) is 0 Å². The van der Waals surface area contributed by atoms with Crippen LogP contribution in [0.15, 0.2) is 18.2 Å². The molecule has 0 aliphatic carbocycles. The number of nitrogen functional groups attached to an aromatic ring is 1. The van der Waals surface area contributed by atoms with Crippen LogP contribution in [0.25, 0.3) is 0 Å². The number of nitrogens with zero attached hydrogens (tertiary/aromatic N) is 2. The van der Waals surface area contributed by atoms with Gasteiger partial charge >= 0.3 is 0 Å². The van der Waals surface area contributed by atoms with Crippen LogP contribution < -0.4 is 11.1 Å². The summed E-state index contributed by atoms with van der Waals surface area (Å²) in [4.78, 5) is 26.4. The molecule has 0 bridgehead atoms. The van der Waals surface area contributed by atoms with Gasteiger partial charge in [-0.3, -0.25) is 14.9 Å². The van der Waals surface area contributed by atoms with Crippen molar-refractivity contribution in [1.82, 2.24) is 4.98 Å². The van der Waals surface area contributed by atoms with Crippen molar-refractivity contribution in [3.8, 4) is 0 Å². The summed E-state index contributed by atoms with van der Waals surface area (Å²) >= 11 is 6.95. The summed E-state index contributed by atoms with van der Waals surface area (Å²) in [5, 5.41) is 13.5. The van der Waals surface area contributed by atoms with Crippen molar-refractivity contribution in [2.45, 2.75) is 6.92 Å². The molecule has 1 aromatic carbocycles. The van der Waals surface area contributed by atoms with Gasteiger partial charge in [-0.2, -0.15) is 0 Å². The highest BCUT2D eigenvalue weighted by Crippen LogP contribution is 2.28. The van der Waals surface area contributed by atoms with Crippen molar-refractivity contribution in [2.75, 3.05) is 11.1 Å². The van der Waals surface area contributed by atoms with Crippen molar-refractivity contribution >= 4 is 45.4 Å². The number of nitro benzene ring substituents is 1. The highest BCUT2D eigenvalue weighted by molar-refractivity contribution is 7.17. The van der Waals surface area contributed by atoms with Gasteiger partial charge in [0.25, 0.3) is 11.6 Å². The lowest BCUT2D eigenvalue weighted by Gasteiger charge is -2.06. The number of amides is 1. The second-order valence-electron chi connectivity index (χ2n) is 3.84. The van der Waals surface area contributed by atoms with Crippen LogP contribution in [0, 0.1) is 17.0 Å². The van der Waals surface area contributed by atoms with Crippen LogP contribution in [0.5, 0.6) is 0 Å². The molecule has 0 radical (unpaired) electrons. The summed E-state index contributed by atoms with van der Waals surface area (Å²) < 4.78 is 0. The fourth-order valence-corrected chi connectivity index (χ4v) is 2.48. The van der Waals surface area contributed by atoms with Crippen molar-refractivity contribution in [3.63, 3.8) is 0 Å². The van der Waals surface area contributed by atoms with Gasteiger partial charge in [-0.25, -0.2) is 4.98 Å². The summed E-state index contributed by atoms with van der Waals surface area (Å²) in [5.41, 5.74) is 6.18. The van der Waals surface area contributed by atoms with Gasteiger partial charge in [0.15, 0.2) is 5.13 Å². The van der Waals surface area contributed by atoms with Crippen molar-refractivity contribution in [2.24, 2.45) is 0 Å². The number of nitrogens with two attached hydrogens (primary N) is 1. The SMILES string of the molecule is Cc1nc(N)sc1C(=O)Nc1ccc([N+](=O)[O-])cc1Cl. The number of benzene rings is 1. The number of carbonyl (C=O) groups excluding carboxylic acids is 1. The van der Waals surface area contributed by atoms with E-state index in [-0.39, 0.29) is 16.4 Å². The van der Waals surface area contributed by atoms with E-state index in [0.29, 0.717) is 15.7 Å². The van der Waals surface area contributed by atoms with Gasteiger partial charge in [0.05, 0.1) is 21.3 Å². The molecule has 7 nitrogen and oxygen atoms in total. The summed E-state index contributed by atoms with van der Waals surface area (Å²) in [7, 11) is 0. The zero-order valence-corrected chi connectivity index (χ0v) is 11.8. The van der Waals surface area contributed by atoms with E-state index in [0.717, 1.165) is 11.3 Å². The summed E-state index contributed by atoms with van der Waals surface area (Å²) in [6.07, 6.45) is 0. The highest BCUT2D eigenvalue weighted by Gasteiger charge is 2.16. The lowest BCUT2D eigenvalue weighted by molar-refractivity contribution is -0.384. The molecule has 1 amide bonds. The monoisotopic (exact) mass is 312 g/mol. The third kappa shape index (κ3) is 2.86. The normalized spacial score (nSPS) is 10.3. The van der Waals surface area contributed by atoms with Crippen LogP contribution >= 0.6 is 22.9 Å². The van der Waals surface area contributed by atoms with E-state index in [2.05, 4.69) is 10.3 Å². The van der Waals surface area contributed by atoms with E-state index in [9.17, 15) is 14.9 Å². The highest BCUT2D eigenvalue weighted by atomic mass is 35.5.